The number of piperidine rings is 1. The second-order valence-electron chi connectivity index (χ2n) is 6.78. The second kappa shape index (κ2) is 9.75. The molecule has 0 aromatic heterocycles. The van der Waals surface area contributed by atoms with Crippen molar-refractivity contribution in [2.75, 3.05) is 51.9 Å². The van der Waals surface area contributed by atoms with E-state index >= 15 is 0 Å². The first-order valence-corrected chi connectivity index (χ1v) is 9.37. The zero-order chi connectivity index (χ0) is 18.2. The third-order valence-electron chi connectivity index (χ3n) is 4.87. The van der Waals surface area contributed by atoms with Gasteiger partial charge in [-0.05, 0) is 38.1 Å². The molecule has 7 heteroatoms. The van der Waals surface area contributed by atoms with Gasteiger partial charge < -0.3 is 24.8 Å². The van der Waals surface area contributed by atoms with Gasteiger partial charge in [-0.1, -0.05) is 12.5 Å². The predicted molar refractivity (Wildman–Crippen MR) is 99.8 cm³/mol. The Kier molecular flexibility index (Phi) is 7.11. The normalized spacial score (nSPS) is 23.6. The summed E-state index contributed by atoms with van der Waals surface area (Å²) in [7, 11) is 1.63. The first-order valence-electron chi connectivity index (χ1n) is 9.37. The summed E-state index contributed by atoms with van der Waals surface area (Å²) < 4.78 is 16.2. The SMILES string of the molecule is COCCOc1cccc(NC(=O)N[C@@H]2COC[C@H]2N2CCCCC2)c1. The van der Waals surface area contributed by atoms with Gasteiger partial charge in [-0.15, -0.1) is 0 Å². The van der Waals surface area contributed by atoms with Gasteiger partial charge in [0.2, 0.25) is 0 Å². The Morgan fingerprint density at radius 3 is 2.88 bits per heavy atom. The monoisotopic (exact) mass is 363 g/mol. The van der Waals surface area contributed by atoms with E-state index in [0.29, 0.717) is 37.9 Å². The molecule has 144 valence electrons. The Hall–Kier alpha value is -1.83. The number of hydrogen-bond acceptors (Lipinski definition) is 5. The van der Waals surface area contributed by atoms with E-state index < -0.39 is 0 Å². The highest BCUT2D eigenvalue weighted by Crippen LogP contribution is 2.20. The molecule has 2 atom stereocenters. The smallest absolute Gasteiger partial charge is 0.319 e. The summed E-state index contributed by atoms with van der Waals surface area (Å²) >= 11 is 0. The van der Waals surface area contributed by atoms with Crippen LogP contribution in [0.4, 0.5) is 10.5 Å². The van der Waals surface area contributed by atoms with Crippen molar-refractivity contribution in [2.45, 2.75) is 31.3 Å². The molecule has 26 heavy (non-hydrogen) atoms. The van der Waals surface area contributed by atoms with Gasteiger partial charge >= 0.3 is 6.03 Å². The van der Waals surface area contributed by atoms with Gasteiger partial charge in [-0.3, -0.25) is 4.90 Å². The van der Waals surface area contributed by atoms with Crippen molar-refractivity contribution in [3.63, 3.8) is 0 Å². The van der Waals surface area contributed by atoms with Gasteiger partial charge in [0.1, 0.15) is 12.4 Å². The van der Waals surface area contributed by atoms with Crippen molar-refractivity contribution in [2.24, 2.45) is 0 Å². The van der Waals surface area contributed by atoms with Crippen LogP contribution >= 0.6 is 0 Å². The molecule has 2 saturated heterocycles. The van der Waals surface area contributed by atoms with E-state index in [1.165, 1.54) is 19.3 Å². The maximum atomic E-state index is 12.4. The van der Waals surface area contributed by atoms with E-state index in [1.54, 1.807) is 7.11 Å². The van der Waals surface area contributed by atoms with Crippen LogP contribution in [0.15, 0.2) is 24.3 Å². The van der Waals surface area contributed by atoms with Crippen LogP contribution in [0.2, 0.25) is 0 Å². The lowest BCUT2D eigenvalue weighted by molar-refractivity contribution is 0.125. The van der Waals surface area contributed by atoms with E-state index in [-0.39, 0.29) is 18.1 Å². The van der Waals surface area contributed by atoms with Crippen LogP contribution in [0.1, 0.15) is 19.3 Å². The molecule has 0 saturated carbocycles. The molecule has 3 rings (SSSR count). The van der Waals surface area contributed by atoms with E-state index in [4.69, 9.17) is 14.2 Å². The highest BCUT2D eigenvalue weighted by molar-refractivity contribution is 5.89. The lowest BCUT2D eigenvalue weighted by Crippen LogP contribution is -2.53. The van der Waals surface area contributed by atoms with Crippen molar-refractivity contribution in [1.82, 2.24) is 10.2 Å². The number of amides is 2. The van der Waals surface area contributed by atoms with Crippen molar-refractivity contribution in [1.29, 1.82) is 0 Å². The molecular formula is C19H29N3O4. The van der Waals surface area contributed by atoms with E-state index in [0.717, 1.165) is 13.1 Å². The van der Waals surface area contributed by atoms with Crippen molar-refractivity contribution >= 4 is 11.7 Å². The molecule has 2 fully saturated rings. The molecular weight excluding hydrogens is 334 g/mol. The summed E-state index contributed by atoms with van der Waals surface area (Å²) in [6.07, 6.45) is 3.75. The maximum Gasteiger partial charge on any atom is 0.319 e. The average molecular weight is 363 g/mol. The first-order chi connectivity index (χ1) is 12.8. The quantitative estimate of drug-likeness (QED) is 0.726. The summed E-state index contributed by atoms with van der Waals surface area (Å²) in [6, 6.07) is 7.44. The fraction of sp³-hybridized carbons (Fsp3) is 0.632. The lowest BCUT2D eigenvalue weighted by atomic mass is 10.1. The zero-order valence-electron chi connectivity index (χ0n) is 15.4. The van der Waals surface area contributed by atoms with Crippen molar-refractivity contribution in [3.05, 3.63) is 24.3 Å². The van der Waals surface area contributed by atoms with Crippen LogP contribution in [-0.4, -0.2) is 69.6 Å². The number of rotatable bonds is 7. The van der Waals surface area contributed by atoms with E-state index in [9.17, 15) is 4.79 Å². The molecule has 0 aliphatic carbocycles. The molecule has 7 nitrogen and oxygen atoms in total. The predicted octanol–water partition coefficient (Wildman–Crippen LogP) is 2.09. The highest BCUT2D eigenvalue weighted by atomic mass is 16.5. The minimum absolute atomic E-state index is 0.0224. The summed E-state index contributed by atoms with van der Waals surface area (Å²) in [5.74, 6) is 0.704. The number of anilines is 1. The standard InChI is InChI=1S/C19H29N3O4/c1-24-10-11-26-16-7-5-6-15(12-16)20-19(23)21-17-13-25-14-18(17)22-8-3-2-4-9-22/h5-7,12,17-18H,2-4,8-11,13-14H2,1H3,(H2,20,21,23)/t17-,18-/m1/s1. The number of urea groups is 1. The largest absolute Gasteiger partial charge is 0.491 e. The van der Waals surface area contributed by atoms with Gasteiger partial charge in [0.25, 0.3) is 0 Å². The van der Waals surface area contributed by atoms with Gasteiger partial charge in [0, 0.05) is 18.9 Å². The molecule has 0 unspecified atom stereocenters. The molecule has 0 spiro atoms. The third-order valence-corrected chi connectivity index (χ3v) is 4.87. The number of ether oxygens (including phenoxy) is 3. The molecule has 2 heterocycles. The van der Waals surface area contributed by atoms with Gasteiger partial charge in [0.05, 0.1) is 31.9 Å². The first kappa shape index (κ1) is 18.9. The molecule has 2 aliphatic rings. The number of methoxy groups -OCH3 is 1. The zero-order valence-corrected chi connectivity index (χ0v) is 15.4. The number of carbonyl (C=O) groups excluding carboxylic acids is 1. The molecule has 1 aromatic carbocycles. The molecule has 0 radical (unpaired) electrons. The molecule has 2 N–H and O–H groups in total. The van der Waals surface area contributed by atoms with Crippen molar-refractivity contribution in [3.8, 4) is 5.75 Å². The summed E-state index contributed by atoms with van der Waals surface area (Å²) in [6.45, 7) is 4.44. The van der Waals surface area contributed by atoms with Crippen LogP contribution in [0.25, 0.3) is 0 Å². The number of carbonyl (C=O) groups is 1. The van der Waals surface area contributed by atoms with Crippen molar-refractivity contribution < 1.29 is 19.0 Å². The Morgan fingerprint density at radius 1 is 1.23 bits per heavy atom. The Morgan fingerprint density at radius 2 is 2.08 bits per heavy atom. The Labute approximate surface area is 155 Å². The number of hydrogen-bond donors (Lipinski definition) is 2. The van der Waals surface area contributed by atoms with Crippen LogP contribution in [-0.2, 0) is 9.47 Å². The van der Waals surface area contributed by atoms with Crippen LogP contribution in [0, 0.1) is 0 Å². The number of nitrogens with zero attached hydrogens (tertiary/aromatic N) is 1. The summed E-state index contributed by atoms with van der Waals surface area (Å²) in [4.78, 5) is 14.9. The fourth-order valence-electron chi connectivity index (χ4n) is 3.53. The minimum Gasteiger partial charge on any atom is -0.491 e. The topological polar surface area (TPSA) is 72.1 Å². The van der Waals surface area contributed by atoms with Gasteiger partial charge in [0.15, 0.2) is 0 Å². The van der Waals surface area contributed by atoms with Gasteiger partial charge in [-0.2, -0.15) is 0 Å². The molecule has 1 aromatic rings. The maximum absolute atomic E-state index is 12.4. The summed E-state index contributed by atoms with van der Waals surface area (Å²) in [5.41, 5.74) is 0.700. The van der Waals surface area contributed by atoms with Crippen LogP contribution in [0.5, 0.6) is 5.75 Å². The minimum atomic E-state index is -0.212. The number of benzene rings is 1. The molecule has 2 amide bonds. The van der Waals surface area contributed by atoms with E-state index in [1.807, 2.05) is 24.3 Å². The molecule has 2 aliphatic heterocycles. The van der Waals surface area contributed by atoms with Gasteiger partial charge in [-0.25, -0.2) is 4.79 Å². The summed E-state index contributed by atoms with van der Waals surface area (Å²) in [5, 5.41) is 5.96. The Balaban J connectivity index is 1.50. The van der Waals surface area contributed by atoms with Crippen LogP contribution in [0.3, 0.4) is 0 Å². The lowest BCUT2D eigenvalue weighted by Gasteiger charge is -2.34. The Bertz CT molecular complexity index is 578. The third kappa shape index (κ3) is 5.33. The number of nitrogens with one attached hydrogen (secondary N) is 2. The second-order valence-corrected chi connectivity index (χ2v) is 6.78. The molecule has 0 bridgehead atoms. The fourth-order valence-corrected chi connectivity index (χ4v) is 3.53. The average Bonchev–Trinajstić information content (AvgIpc) is 3.11. The van der Waals surface area contributed by atoms with E-state index in [2.05, 4.69) is 15.5 Å². The number of likely N-dealkylation sites (tertiary alicyclic amines) is 1. The highest BCUT2D eigenvalue weighted by Gasteiger charge is 2.34. The van der Waals surface area contributed by atoms with Crippen LogP contribution < -0.4 is 15.4 Å².